The van der Waals surface area contributed by atoms with E-state index in [1.165, 1.54) is 0 Å². The zero-order chi connectivity index (χ0) is 16.8. The number of hydrogen-bond acceptors (Lipinski definition) is 4. The van der Waals surface area contributed by atoms with Crippen LogP contribution in [0.4, 0.5) is 4.79 Å². The Hall–Kier alpha value is -2.39. The predicted octanol–water partition coefficient (Wildman–Crippen LogP) is 3.49. The highest BCUT2D eigenvalue weighted by molar-refractivity contribution is 7.09. The van der Waals surface area contributed by atoms with Crippen LogP contribution in [0.1, 0.15) is 41.4 Å². The molecule has 5 nitrogen and oxygen atoms in total. The first-order chi connectivity index (χ1) is 11.8. The lowest BCUT2D eigenvalue weighted by atomic mass is 10.0. The lowest BCUT2D eigenvalue weighted by Crippen LogP contribution is -2.45. The van der Waals surface area contributed by atoms with Crippen LogP contribution in [0.25, 0.3) is 0 Å². The van der Waals surface area contributed by atoms with E-state index >= 15 is 0 Å². The number of aromatic nitrogens is 1. The summed E-state index contributed by atoms with van der Waals surface area (Å²) in [6, 6.07) is 9.72. The fourth-order valence-corrected chi connectivity index (χ4v) is 3.83. The summed E-state index contributed by atoms with van der Waals surface area (Å²) in [4.78, 5) is 18.9. The normalized spacial score (nSPS) is 17.3. The van der Waals surface area contributed by atoms with E-state index < -0.39 is 0 Å². The summed E-state index contributed by atoms with van der Waals surface area (Å²) >= 11 is 1.61. The Morgan fingerprint density at radius 2 is 2.38 bits per heavy atom. The van der Waals surface area contributed by atoms with Crippen molar-refractivity contribution >= 4 is 17.4 Å². The zero-order valence-electron chi connectivity index (χ0n) is 13.4. The van der Waals surface area contributed by atoms with Crippen LogP contribution >= 0.6 is 11.3 Å². The summed E-state index contributed by atoms with van der Waals surface area (Å²) in [5.74, 6) is 0. The molecule has 1 fully saturated rings. The van der Waals surface area contributed by atoms with Gasteiger partial charge in [0.2, 0.25) is 0 Å². The van der Waals surface area contributed by atoms with Crippen LogP contribution < -0.4 is 5.32 Å². The number of piperidine rings is 1. The third-order valence-corrected chi connectivity index (χ3v) is 5.12. The van der Waals surface area contributed by atoms with E-state index in [1.807, 2.05) is 28.5 Å². The first-order valence-corrected chi connectivity index (χ1v) is 9.09. The zero-order valence-corrected chi connectivity index (χ0v) is 14.3. The number of likely N-dealkylation sites (tertiary alicyclic amines) is 1. The van der Waals surface area contributed by atoms with E-state index in [4.69, 9.17) is 5.26 Å². The number of carbonyl (C=O) groups is 1. The Bertz CT molecular complexity index is 723. The molecule has 1 N–H and O–H groups in total. The number of amides is 2. The highest BCUT2D eigenvalue weighted by Gasteiger charge is 2.29. The molecule has 2 amide bonds. The quantitative estimate of drug-likeness (QED) is 0.926. The molecule has 1 atom stereocenters. The highest BCUT2D eigenvalue weighted by Crippen LogP contribution is 2.31. The van der Waals surface area contributed by atoms with Crippen molar-refractivity contribution in [3.8, 4) is 6.07 Å². The SMILES string of the molecule is N#Cc1cccc(CCNC(=O)N2CCCCC2c2nccs2)c1. The van der Waals surface area contributed by atoms with Crippen LogP contribution in [-0.4, -0.2) is 29.0 Å². The molecule has 24 heavy (non-hydrogen) atoms. The second kappa shape index (κ2) is 7.93. The maximum atomic E-state index is 12.6. The monoisotopic (exact) mass is 340 g/mol. The minimum Gasteiger partial charge on any atom is -0.338 e. The summed E-state index contributed by atoms with van der Waals surface area (Å²) in [7, 11) is 0. The van der Waals surface area contributed by atoms with Gasteiger partial charge in [-0.1, -0.05) is 12.1 Å². The van der Waals surface area contributed by atoms with E-state index in [9.17, 15) is 4.79 Å². The lowest BCUT2D eigenvalue weighted by molar-refractivity contribution is 0.151. The molecule has 2 aromatic rings. The minimum absolute atomic E-state index is 0.0219. The van der Waals surface area contributed by atoms with E-state index in [0.717, 1.165) is 42.8 Å². The maximum Gasteiger partial charge on any atom is 0.318 e. The fraction of sp³-hybridized carbons (Fsp3) is 0.389. The number of nitrogens with zero attached hydrogens (tertiary/aromatic N) is 3. The van der Waals surface area contributed by atoms with Crippen LogP contribution in [0.2, 0.25) is 0 Å². The molecule has 0 spiro atoms. The molecule has 1 unspecified atom stereocenters. The summed E-state index contributed by atoms with van der Waals surface area (Å²) in [5, 5.41) is 14.9. The number of nitriles is 1. The van der Waals surface area contributed by atoms with Crippen molar-refractivity contribution in [2.75, 3.05) is 13.1 Å². The molecular weight excluding hydrogens is 320 g/mol. The average molecular weight is 340 g/mol. The van der Waals surface area contributed by atoms with E-state index in [0.29, 0.717) is 12.1 Å². The third-order valence-electron chi connectivity index (χ3n) is 4.25. The first-order valence-electron chi connectivity index (χ1n) is 8.21. The van der Waals surface area contributed by atoms with Gasteiger partial charge in [-0.2, -0.15) is 5.26 Å². The van der Waals surface area contributed by atoms with Gasteiger partial charge < -0.3 is 10.2 Å². The number of thiazole rings is 1. The summed E-state index contributed by atoms with van der Waals surface area (Å²) in [6.45, 7) is 1.34. The maximum absolute atomic E-state index is 12.6. The van der Waals surface area contributed by atoms with Gasteiger partial charge in [0.1, 0.15) is 5.01 Å². The largest absolute Gasteiger partial charge is 0.338 e. The Balaban J connectivity index is 1.56. The van der Waals surface area contributed by atoms with Gasteiger partial charge in [0.05, 0.1) is 17.7 Å². The molecule has 0 aliphatic carbocycles. The van der Waals surface area contributed by atoms with Crippen LogP contribution in [0, 0.1) is 11.3 Å². The molecule has 2 heterocycles. The van der Waals surface area contributed by atoms with Crippen LogP contribution in [-0.2, 0) is 6.42 Å². The molecule has 1 aliphatic heterocycles. The van der Waals surface area contributed by atoms with Crippen molar-refractivity contribution in [1.82, 2.24) is 15.2 Å². The van der Waals surface area contributed by atoms with Gasteiger partial charge in [-0.25, -0.2) is 9.78 Å². The second-order valence-electron chi connectivity index (χ2n) is 5.87. The molecule has 1 aromatic carbocycles. The van der Waals surface area contributed by atoms with Gasteiger partial charge in [-0.05, 0) is 43.4 Å². The van der Waals surface area contributed by atoms with Gasteiger partial charge in [0, 0.05) is 24.7 Å². The van der Waals surface area contributed by atoms with E-state index in [2.05, 4.69) is 16.4 Å². The van der Waals surface area contributed by atoms with Crippen molar-refractivity contribution in [3.63, 3.8) is 0 Å². The van der Waals surface area contributed by atoms with Gasteiger partial charge in [0.25, 0.3) is 0 Å². The number of rotatable bonds is 4. The smallest absolute Gasteiger partial charge is 0.318 e. The molecule has 1 saturated heterocycles. The van der Waals surface area contributed by atoms with E-state index in [-0.39, 0.29) is 12.1 Å². The minimum atomic E-state index is -0.0219. The third kappa shape index (κ3) is 3.92. The number of benzene rings is 1. The topological polar surface area (TPSA) is 69.0 Å². The molecule has 0 radical (unpaired) electrons. The Morgan fingerprint density at radius 3 is 3.17 bits per heavy atom. The molecule has 6 heteroatoms. The molecule has 0 bridgehead atoms. The second-order valence-corrected chi connectivity index (χ2v) is 6.80. The molecule has 3 rings (SSSR count). The molecule has 124 valence electrons. The van der Waals surface area contributed by atoms with Crippen molar-refractivity contribution in [3.05, 3.63) is 52.0 Å². The summed E-state index contributed by atoms with van der Waals surface area (Å²) in [6.07, 6.45) is 5.67. The Kier molecular flexibility index (Phi) is 5.44. The summed E-state index contributed by atoms with van der Waals surface area (Å²) < 4.78 is 0. The number of nitrogens with one attached hydrogen (secondary N) is 1. The van der Waals surface area contributed by atoms with Crippen molar-refractivity contribution in [2.45, 2.75) is 31.7 Å². The van der Waals surface area contributed by atoms with Crippen LogP contribution in [0.3, 0.4) is 0 Å². The van der Waals surface area contributed by atoms with Crippen molar-refractivity contribution < 1.29 is 4.79 Å². The average Bonchev–Trinajstić information content (AvgIpc) is 3.16. The van der Waals surface area contributed by atoms with Crippen LogP contribution in [0.15, 0.2) is 35.8 Å². The molecule has 1 aliphatic rings. The molecular formula is C18H20N4OS. The van der Waals surface area contributed by atoms with Gasteiger partial charge >= 0.3 is 6.03 Å². The highest BCUT2D eigenvalue weighted by atomic mass is 32.1. The molecule has 0 saturated carbocycles. The summed E-state index contributed by atoms with van der Waals surface area (Å²) in [5.41, 5.74) is 1.71. The van der Waals surface area contributed by atoms with Crippen molar-refractivity contribution in [2.24, 2.45) is 0 Å². The Morgan fingerprint density at radius 1 is 1.46 bits per heavy atom. The van der Waals surface area contributed by atoms with Crippen LogP contribution in [0.5, 0.6) is 0 Å². The van der Waals surface area contributed by atoms with E-state index in [1.54, 1.807) is 23.6 Å². The number of hydrogen-bond donors (Lipinski definition) is 1. The van der Waals surface area contributed by atoms with Gasteiger partial charge in [0.15, 0.2) is 0 Å². The number of carbonyl (C=O) groups excluding carboxylic acids is 1. The van der Waals surface area contributed by atoms with Crippen molar-refractivity contribution in [1.29, 1.82) is 5.26 Å². The first kappa shape index (κ1) is 16.5. The van der Waals surface area contributed by atoms with Gasteiger partial charge in [-0.15, -0.1) is 11.3 Å². The number of urea groups is 1. The fourth-order valence-electron chi connectivity index (χ4n) is 3.04. The Labute approximate surface area is 145 Å². The van der Waals surface area contributed by atoms with Gasteiger partial charge in [-0.3, -0.25) is 0 Å². The predicted molar refractivity (Wildman–Crippen MR) is 93.7 cm³/mol. The standard InChI is InChI=1S/C18H20N4OS/c19-13-15-5-3-4-14(12-15)7-8-21-18(23)22-10-2-1-6-16(22)17-20-9-11-24-17/h3-5,9,11-12,16H,1-2,6-8,10H2,(H,21,23). The lowest BCUT2D eigenvalue weighted by Gasteiger charge is -2.34. The molecule has 1 aromatic heterocycles.